The molecule has 0 unspecified atom stereocenters. The molecule has 1 aliphatic rings. The molecule has 96 valence electrons. The molecule has 1 aromatic heterocycles. The summed E-state index contributed by atoms with van der Waals surface area (Å²) in [6, 6.07) is 3.46. The number of imide groups is 1. The standard InChI is InChI=1S/C13H15BrN2O2/c1-3-13(4-2)7-11(17)16(12(13)18)10-6-5-9(14)8-15-10/h5-6,8H,3-4,7H2,1-2H3. The van der Waals surface area contributed by atoms with Crippen molar-refractivity contribution in [1.82, 2.24) is 4.98 Å². The Morgan fingerprint density at radius 1 is 1.33 bits per heavy atom. The monoisotopic (exact) mass is 310 g/mol. The van der Waals surface area contributed by atoms with Crippen LogP contribution in [0.2, 0.25) is 0 Å². The Morgan fingerprint density at radius 2 is 2.00 bits per heavy atom. The third-order valence-electron chi connectivity index (χ3n) is 3.69. The minimum absolute atomic E-state index is 0.118. The van der Waals surface area contributed by atoms with Crippen molar-refractivity contribution in [3.8, 4) is 0 Å². The average Bonchev–Trinajstić information content (AvgIpc) is 2.63. The number of hydrogen-bond acceptors (Lipinski definition) is 3. The molecule has 0 spiro atoms. The van der Waals surface area contributed by atoms with E-state index in [2.05, 4.69) is 20.9 Å². The van der Waals surface area contributed by atoms with Gasteiger partial charge in [-0.15, -0.1) is 0 Å². The van der Waals surface area contributed by atoms with Gasteiger partial charge in [0.25, 0.3) is 0 Å². The second-order valence-corrected chi connectivity index (χ2v) is 5.45. The van der Waals surface area contributed by atoms with Crippen molar-refractivity contribution in [3.05, 3.63) is 22.8 Å². The Morgan fingerprint density at radius 3 is 2.44 bits per heavy atom. The molecule has 2 rings (SSSR count). The van der Waals surface area contributed by atoms with Crippen LogP contribution in [0.3, 0.4) is 0 Å². The summed E-state index contributed by atoms with van der Waals surface area (Å²) in [7, 11) is 0. The number of hydrogen-bond donors (Lipinski definition) is 0. The average molecular weight is 311 g/mol. The number of halogens is 1. The molecular weight excluding hydrogens is 296 g/mol. The zero-order valence-corrected chi connectivity index (χ0v) is 12.0. The largest absolute Gasteiger partial charge is 0.274 e. The number of nitrogens with zero attached hydrogens (tertiary/aromatic N) is 2. The summed E-state index contributed by atoms with van der Waals surface area (Å²) in [6.07, 6.45) is 3.24. The zero-order chi connectivity index (χ0) is 13.3. The molecule has 2 amide bonds. The van der Waals surface area contributed by atoms with E-state index in [1.807, 2.05) is 13.8 Å². The van der Waals surface area contributed by atoms with Gasteiger partial charge in [0.05, 0.1) is 5.41 Å². The first-order valence-electron chi connectivity index (χ1n) is 6.03. The maximum absolute atomic E-state index is 12.4. The Kier molecular flexibility index (Phi) is 3.52. The molecule has 5 heteroatoms. The second kappa shape index (κ2) is 4.80. The lowest BCUT2D eigenvalue weighted by atomic mass is 9.81. The van der Waals surface area contributed by atoms with E-state index in [1.54, 1.807) is 18.3 Å². The summed E-state index contributed by atoms with van der Waals surface area (Å²) >= 11 is 3.28. The molecule has 0 N–H and O–H groups in total. The number of pyridine rings is 1. The normalized spacial score (nSPS) is 18.5. The lowest BCUT2D eigenvalue weighted by molar-refractivity contribution is -0.126. The van der Waals surface area contributed by atoms with Crippen molar-refractivity contribution in [3.63, 3.8) is 0 Å². The Labute approximate surface area is 115 Å². The second-order valence-electron chi connectivity index (χ2n) is 4.53. The first-order valence-corrected chi connectivity index (χ1v) is 6.82. The highest BCUT2D eigenvalue weighted by Gasteiger charge is 2.50. The minimum Gasteiger partial charge on any atom is -0.274 e. The first kappa shape index (κ1) is 13.2. The van der Waals surface area contributed by atoms with Crippen LogP contribution in [-0.2, 0) is 9.59 Å². The van der Waals surface area contributed by atoms with E-state index in [1.165, 1.54) is 4.90 Å². The van der Waals surface area contributed by atoms with Crippen LogP contribution in [0.15, 0.2) is 22.8 Å². The molecular formula is C13H15BrN2O2. The lowest BCUT2D eigenvalue weighted by Crippen LogP contribution is -2.35. The van der Waals surface area contributed by atoms with Gasteiger partial charge in [-0.25, -0.2) is 9.88 Å². The molecule has 0 aliphatic carbocycles. The van der Waals surface area contributed by atoms with E-state index < -0.39 is 5.41 Å². The SMILES string of the molecule is CCC1(CC)CC(=O)N(c2ccc(Br)cn2)C1=O. The smallest absolute Gasteiger partial charge is 0.241 e. The number of amides is 2. The quantitative estimate of drug-likeness (QED) is 0.807. The molecule has 4 nitrogen and oxygen atoms in total. The van der Waals surface area contributed by atoms with Crippen LogP contribution in [0.5, 0.6) is 0 Å². The van der Waals surface area contributed by atoms with Gasteiger partial charge in [0.15, 0.2) is 0 Å². The van der Waals surface area contributed by atoms with Crippen LogP contribution in [0.4, 0.5) is 5.82 Å². The summed E-state index contributed by atoms with van der Waals surface area (Å²) < 4.78 is 0.822. The van der Waals surface area contributed by atoms with Gasteiger partial charge >= 0.3 is 0 Å². The molecule has 0 saturated carbocycles. The molecule has 1 saturated heterocycles. The van der Waals surface area contributed by atoms with E-state index in [9.17, 15) is 9.59 Å². The predicted octanol–water partition coefficient (Wildman–Crippen LogP) is 2.91. The molecule has 0 aromatic carbocycles. The Balaban J connectivity index is 2.38. The maximum Gasteiger partial charge on any atom is 0.241 e. The zero-order valence-electron chi connectivity index (χ0n) is 10.4. The minimum atomic E-state index is -0.536. The Hall–Kier alpha value is -1.23. The fourth-order valence-corrected chi connectivity index (χ4v) is 2.56. The summed E-state index contributed by atoms with van der Waals surface area (Å²) in [5.74, 6) is 0.141. The van der Waals surface area contributed by atoms with E-state index in [0.29, 0.717) is 18.7 Å². The van der Waals surface area contributed by atoms with E-state index in [4.69, 9.17) is 0 Å². The Bertz CT molecular complexity index is 480. The van der Waals surface area contributed by atoms with E-state index in [-0.39, 0.29) is 18.2 Å². The topological polar surface area (TPSA) is 50.3 Å². The highest BCUT2D eigenvalue weighted by Crippen LogP contribution is 2.40. The fraction of sp³-hybridized carbons (Fsp3) is 0.462. The van der Waals surface area contributed by atoms with E-state index >= 15 is 0 Å². The van der Waals surface area contributed by atoms with Crippen molar-refractivity contribution in [2.75, 3.05) is 4.90 Å². The van der Waals surface area contributed by atoms with Crippen LogP contribution in [0.1, 0.15) is 33.1 Å². The summed E-state index contributed by atoms with van der Waals surface area (Å²) in [5, 5.41) is 0. The maximum atomic E-state index is 12.4. The third-order valence-corrected chi connectivity index (χ3v) is 4.16. The number of anilines is 1. The predicted molar refractivity (Wildman–Crippen MR) is 72.1 cm³/mol. The van der Waals surface area contributed by atoms with Gasteiger partial charge < -0.3 is 0 Å². The summed E-state index contributed by atoms with van der Waals surface area (Å²) in [6.45, 7) is 3.90. The molecule has 1 fully saturated rings. The van der Waals surface area contributed by atoms with Gasteiger partial charge in [-0.3, -0.25) is 9.59 Å². The summed E-state index contributed by atoms with van der Waals surface area (Å²) in [4.78, 5) is 29.8. The van der Waals surface area contributed by atoms with Gasteiger partial charge in [0, 0.05) is 17.1 Å². The van der Waals surface area contributed by atoms with Crippen molar-refractivity contribution >= 4 is 33.6 Å². The number of rotatable bonds is 3. The molecule has 0 radical (unpaired) electrons. The highest BCUT2D eigenvalue weighted by molar-refractivity contribution is 9.10. The van der Waals surface area contributed by atoms with Crippen LogP contribution in [-0.4, -0.2) is 16.8 Å². The van der Waals surface area contributed by atoms with Gasteiger partial charge in [0.1, 0.15) is 5.82 Å². The summed E-state index contributed by atoms with van der Waals surface area (Å²) in [5.41, 5.74) is -0.536. The molecule has 0 bridgehead atoms. The molecule has 18 heavy (non-hydrogen) atoms. The molecule has 1 aliphatic heterocycles. The van der Waals surface area contributed by atoms with Gasteiger partial charge in [-0.05, 0) is 40.9 Å². The number of carbonyl (C=O) groups excluding carboxylic acids is 2. The van der Waals surface area contributed by atoms with E-state index in [0.717, 1.165) is 4.47 Å². The van der Waals surface area contributed by atoms with Crippen molar-refractivity contribution < 1.29 is 9.59 Å². The van der Waals surface area contributed by atoms with Crippen LogP contribution in [0.25, 0.3) is 0 Å². The van der Waals surface area contributed by atoms with Crippen molar-refractivity contribution in [2.24, 2.45) is 5.41 Å². The molecule has 0 atom stereocenters. The van der Waals surface area contributed by atoms with Crippen molar-refractivity contribution in [2.45, 2.75) is 33.1 Å². The van der Waals surface area contributed by atoms with Gasteiger partial charge in [0.2, 0.25) is 11.8 Å². The first-order chi connectivity index (χ1) is 8.54. The van der Waals surface area contributed by atoms with Gasteiger partial charge in [-0.1, -0.05) is 13.8 Å². The number of carbonyl (C=O) groups is 2. The van der Waals surface area contributed by atoms with Gasteiger partial charge in [-0.2, -0.15) is 0 Å². The van der Waals surface area contributed by atoms with Crippen LogP contribution < -0.4 is 4.90 Å². The van der Waals surface area contributed by atoms with Crippen molar-refractivity contribution in [1.29, 1.82) is 0 Å². The van der Waals surface area contributed by atoms with Crippen LogP contribution >= 0.6 is 15.9 Å². The molecule has 1 aromatic rings. The highest BCUT2D eigenvalue weighted by atomic mass is 79.9. The lowest BCUT2D eigenvalue weighted by Gasteiger charge is -2.23. The number of aromatic nitrogens is 1. The molecule has 2 heterocycles. The third kappa shape index (κ3) is 1.96. The fourth-order valence-electron chi connectivity index (χ4n) is 2.33. The van der Waals surface area contributed by atoms with Crippen LogP contribution in [0, 0.1) is 5.41 Å².